The molecule has 6 atom stereocenters. The lowest BCUT2D eigenvalue weighted by molar-refractivity contribution is -0.384. The van der Waals surface area contributed by atoms with Crippen molar-refractivity contribution in [2.24, 2.45) is 22.9 Å². The molecule has 0 saturated heterocycles. The average molecular weight is 759 g/mol. The Kier molecular flexibility index (Phi) is 13.7. The van der Waals surface area contributed by atoms with E-state index >= 15 is 0 Å². The van der Waals surface area contributed by atoms with Crippen molar-refractivity contribution < 1.29 is 34.2 Å². The smallest absolute Gasteiger partial charge is 0.273 e. The van der Waals surface area contributed by atoms with E-state index < -0.39 is 10.7 Å². The molecule has 1 fully saturated rings. The average Bonchev–Trinajstić information content (AvgIpc) is 3.18. The second kappa shape index (κ2) is 18.8. The number of aliphatic hydroxyl groups excluding tert-OH is 2. The Morgan fingerprint density at radius 3 is 2.67 bits per heavy atom. The van der Waals surface area contributed by atoms with Crippen molar-refractivity contribution in [1.82, 2.24) is 9.97 Å². The van der Waals surface area contributed by atoms with Gasteiger partial charge in [-0.15, -0.1) is 6.58 Å². The van der Waals surface area contributed by atoms with E-state index in [1.165, 1.54) is 12.1 Å². The van der Waals surface area contributed by atoms with Crippen LogP contribution in [-0.2, 0) is 16.0 Å². The number of hydrogen-bond acceptors (Lipinski definition) is 12. The normalized spacial score (nSPS) is 24.8. The Morgan fingerprint density at radius 2 is 1.93 bits per heavy atom. The summed E-state index contributed by atoms with van der Waals surface area (Å²) in [6.45, 7) is 6.86. The largest absolute Gasteiger partial charge is 0.460 e. The molecule has 2 aromatic carbocycles. The van der Waals surface area contributed by atoms with Crippen LogP contribution in [-0.4, -0.2) is 74.0 Å². The van der Waals surface area contributed by atoms with Crippen LogP contribution in [0, 0.1) is 27.9 Å². The second-order valence-electron chi connectivity index (χ2n) is 13.8. The SMILES string of the molecule is C=CCOC12Oc3ccc(Oc4cccc([N+](=O)[O-])c4)cc3C3C(CCCCO)C(CCCCO)C=C(C(=NOCC)CC1SCCc1cnccn1)C32. The number of unbranched alkanes of at least 4 members (excludes halogenated alkanes) is 2. The molecule has 1 aromatic heterocycles. The van der Waals surface area contributed by atoms with Gasteiger partial charge < -0.3 is 29.3 Å². The minimum Gasteiger partial charge on any atom is -0.460 e. The zero-order valence-corrected chi connectivity index (χ0v) is 31.6. The number of benzene rings is 2. The zero-order valence-electron chi connectivity index (χ0n) is 30.8. The van der Waals surface area contributed by atoms with Crippen molar-refractivity contribution in [2.45, 2.75) is 75.2 Å². The van der Waals surface area contributed by atoms with Crippen LogP contribution >= 0.6 is 11.8 Å². The number of oxime groups is 1. The number of nitro benzene ring substituents is 1. The molecule has 2 N–H and O–H groups in total. The molecule has 2 heterocycles. The van der Waals surface area contributed by atoms with E-state index in [9.17, 15) is 20.3 Å². The molecule has 12 nitrogen and oxygen atoms in total. The molecule has 3 aliphatic rings. The van der Waals surface area contributed by atoms with Crippen molar-refractivity contribution in [3.63, 3.8) is 0 Å². The first-order chi connectivity index (χ1) is 26.4. The first kappa shape index (κ1) is 39.4. The number of rotatable bonds is 20. The monoisotopic (exact) mass is 758 g/mol. The summed E-state index contributed by atoms with van der Waals surface area (Å²) in [6, 6.07) is 11.9. The van der Waals surface area contributed by atoms with Crippen LogP contribution in [0.15, 0.2) is 90.5 Å². The van der Waals surface area contributed by atoms with E-state index in [1.54, 1.807) is 48.6 Å². The third kappa shape index (κ3) is 8.80. The maximum Gasteiger partial charge on any atom is 0.273 e. The van der Waals surface area contributed by atoms with Gasteiger partial charge in [0, 0.05) is 62.2 Å². The highest BCUT2D eigenvalue weighted by Crippen LogP contribution is 2.62. The quantitative estimate of drug-likeness (QED) is 0.0501. The number of aryl methyl sites for hydroxylation is 1. The number of nitrogens with zero attached hydrogens (tertiary/aromatic N) is 4. The molecule has 2 aliphatic carbocycles. The van der Waals surface area contributed by atoms with Gasteiger partial charge in [0.2, 0.25) is 5.79 Å². The van der Waals surface area contributed by atoms with Gasteiger partial charge in [-0.2, -0.15) is 11.8 Å². The van der Waals surface area contributed by atoms with E-state index in [0.717, 1.165) is 54.0 Å². The van der Waals surface area contributed by atoms with Gasteiger partial charge in [-0.3, -0.25) is 20.1 Å². The lowest BCUT2D eigenvalue weighted by atomic mass is 9.56. The Balaban J connectivity index is 1.50. The zero-order chi connectivity index (χ0) is 37.9. The highest BCUT2D eigenvalue weighted by molar-refractivity contribution is 8.00. The van der Waals surface area contributed by atoms with Gasteiger partial charge in [0.05, 0.1) is 40.2 Å². The van der Waals surface area contributed by atoms with Gasteiger partial charge >= 0.3 is 0 Å². The van der Waals surface area contributed by atoms with Gasteiger partial charge in [0.1, 0.15) is 23.9 Å². The van der Waals surface area contributed by atoms with Crippen molar-refractivity contribution >= 4 is 23.2 Å². The predicted molar refractivity (Wildman–Crippen MR) is 208 cm³/mol. The molecule has 1 aliphatic heterocycles. The Labute approximate surface area is 320 Å². The van der Waals surface area contributed by atoms with Crippen LogP contribution in [0.3, 0.4) is 0 Å². The summed E-state index contributed by atoms with van der Waals surface area (Å²) < 4.78 is 20.5. The van der Waals surface area contributed by atoms with Crippen LogP contribution in [0.4, 0.5) is 5.69 Å². The van der Waals surface area contributed by atoms with E-state index in [2.05, 4.69) is 22.6 Å². The summed E-state index contributed by atoms with van der Waals surface area (Å²) in [6.07, 6.45) is 15.4. The van der Waals surface area contributed by atoms with Crippen LogP contribution in [0.2, 0.25) is 0 Å². The molecule has 6 unspecified atom stereocenters. The maximum absolute atomic E-state index is 11.5. The Morgan fingerprint density at radius 1 is 1.11 bits per heavy atom. The highest BCUT2D eigenvalue weighted by atomic mass is 32.2. The van der Waals surface area contributed by atoms with Gasteiger partial charge in [0.15, 0.2) is 0 Å². The number of aliphatic hydroxyl groups is 2. The third-order valence-corrected chi connectivity index (χ3v) is 11.8. The molecule has 288 valence electrons. The molecule has 13 heteroatoms. The Bertz CT molecular complexity index is 1790. The topological polar surface area (TPSA) is 159 Å². The summed E-state index contributed by atoms with van der Waals surface area (Å²) in [5.41, 5.74) is 3.74. The Hall–Kier alpha value is -4.30. The van der Waals surface area contributed by atoms with Gasteiger partial charge in [-0.05, 0) is 80.0 Å². The number of allylic oxidation sites excluding steroid dienone is 1. The molecule has 54 heavy (non-hydrogen) atoms. The van der Waals surface area contributed by atoms with Crippen molar-refractivity contribution in [1.29, 1.82) is 0 Å². The van der Waals surface area contributed by atoms with Crippen LogP contribution in [0.5, 0.6) is 17.2 Å². The van der Waals surface area contributed by atoms with E-state index in [-0.39, 0.29) is 54.4 Å². The number of thioether (sulfide) groups is 1. The minimum absolute atomic E-state index is 0.0548. The summed E-state index contributed by atoms with van der Waals surface area (Å²) in [5, 5.41) is 35.7. The van der Waals surface area contributed by atoms with Gasteiger partial charge in [0.25, 0.3) is 5.69 Å². The molecular formula is C41H50N4O8S. The summed E-state index contributed by atoms with van der Waals surface area (Å²) in [4.78, 5) is 25.6. The maximum atomic E-state index is 11.5. The number of hydrogen-bond donors (Lipinski definition) is 2. The van der Waals surface area contributed by atoms with Gasteiger partial charge in [-0.1, -0.05) is 36.2 Å². The van der Waals surface area contributed by atoms with E-state index in [1.807, 2.05) is 25.1 Å². The molecule has 0 spiro atoms. The summed E-state index contributed by atoms with van der Waals surface area (Å²) in [7, 11) is 0. The third-order valence-electron chi connectivity index (χ3n) is 10.5. The predicted octanol–water partition coefficient (Wildman–Crippen LogP) is 7.81. The fourth-order valence-corrected chi connectivity index (χ4v) is 9.63. The lowest BCUT2D eigenvalue weighted by Gasteiger charge is -2.58. The standard InChI is InChI=1S/C41H50N4O8S/c1-3-21-50-41-38(54-22-16-29-27-42-17-18-43-29)26-36(44-51-4-2)34-23-28(10-5-7-19-46)33(13-6-8-20-47)39(40(34)41)35-25-32(14-15-37(35)53-41)52-31-12-9-11-30(24-31)45(48)49/h3,9,11-12,14-15,17-18,23-25,27-28,33,38-40,46-47H,1,4-8,10,13,16,19-22,26H2,2H3. The van der Waals surface area contributed by atoms with Crippen molar-refractivity contribution in [3.05, 3.63) is 107 Å². The molecule has 6 rings (SSSR count). The fraction of sp³-hybridized carbons (Fsp3) is 0.488. The first-order valence-corrected chi connectivity index (χ1v) is 20.0. The van der Waals surface area contributed by atoms with E-state index in [0.29, 0.717) is 49.5 Å². The first-order valence-electron chi connectivity index (χ1n) is 18.9. The fourth-order valence-electron chi connectivity index (χ4n) is 8.24. The van der Waals surface area contributed by atoms with Crippen molar-refractivity contribution in [2.75, 3.05) is 32.2 Å². The molecule has 0 bridgehead atoms. The summed E-state index contributed by atoms with van der Waals surface area (Å²) >= 11 is 1.77. The van der Waals surface area contributed by atoms with Crippen LogP contribution in [0.1, 0.15) is 69.0 Å². The van der Waals surface area contributed by atoms with Crippen molar-refractivity contribution in [3.8, 4) is 17.2 Å². The van der Waals surface area contributed by atoms with Crippen LogP contribution in [0.25, 0.3) is 0 Å². The van der Waals surface area contributed by atoms with E-state index in [4.69, 9.17) is 24.2 Å². The highest BCUT2D eigenvalue weighted by Gasteiger charge is 2.64. The summed E-state index contributed by atoms with van der Waals surface area (Å²) in [5.74, 6) is 1.12. The molecule has 0 radical (unpaired) electrons. The molecule has 0 amide bonds. The molecule has 1 saturated carbocycles. The minimum atomic E-state index is -1.09. The number of aromatic nitrogens is 2. The molecule has 3 aromatic rings. The number of nitro groups is 1. The number of fused-ring (bicyclic) bond motifs is 2. The second-order valence-corrected chi connectivity index (χ2v) is 15.1. The van der Waals surface area contributed by atoms with Crippen LogP contribution < -0.4 is 9.47 Å². The number of ether oxygens (including phenoxy) is 3. The number of non-ortho nitro benzene ring substituents is 1. The lowest BCUT2D eigenvalue weighted by Crippen LogP contribution is -2.64. The van der Waals surface area contributed by atoms with Gasteiger partial charge in [-0.25, -0.2) is 0 Å². The molecular weight excluding hydrogens is 709 g/mol.